The molecule has 0 unspecified atom stereocenters. The molecule has 0 aromatic rings. The lowest BCUT2D eigenvalue weighted by atomic mass is 10.1. The van der Waals surface area contributed by atoms with Crippen LogP contribution in [0.15, 0.2) is 49.1 Å². The van der Waals surface area contributed by atoms with Gasteiger partial charge in [0.1, 0.15) is 6.79 Å². The predicted molar refractivity (Wildman–Crippen MR) is 111 cm³/mol. The Morgan fingerprint density at radius 1 is 0.826 bits per heavy atom. The quantitative estimate of drug-likeness (QED) is 0.426. The predicted octanol–water partition coefficient (Wildman–Crippen LogP) is 6.47. The van der Waals surface area contributed by atoms with E-state index in [-0.39, 0.29) is 0 Å². The molecule has 23 heavy (non-hydrogen) atoms. The minimum absolute atomic E-state index is 1.02. The Bertz CT molecular complexity index is 242. The molecule has 0 saturated carbocycles. The molecule has 0 aliphatic heterocycles. The van der Waals surface area contributed by atoms with Crippen LogP contribution in [0.2, 0.25) is 0 Å². The fraction of sp³-hybridized carbons (Fsp3) is 0.571. The molecule has 0 atom stereocenters. The number of unbranched alkanes of at least 4 members (excludes halogenated alkanes) is 1. The highest BCUT2D eigenvalue weighted by molar-refractivity contribution is 5.23. The molecule has 0 bridgehead atoms. The van der Waals surface area contributed by atoms with Gasteiger partial charge in [-0.1, -0.05) is 83.1 Å². The third-order valence-corrected chi connectivity index (χ3v) is 1.96. The SMILES string of the molecule is C=C(/C=C\C(=C)CC)CC.C=CC.C=O.CCCC.CN(C)C. The second-order valence-corrected chi connectivity index (χ2v) is 5.11. The zero-order valence-corrected chi connectivity index (χ0v) is 17.2. The summed E-state index contributed by atoms with van der Waals surface area (Å²) in [5.74, 6) is 0. The van der Waals surface area contributed by atoms with Crippen LogP contribution in [0.3, 0.4) is 0 Å². The van der Waals surface area contributed by atoms with Crippen LogP contribution < -0.4 is 0 Å². The molecule has 0 spiro atoms. The van der Waals surface area contributed by atoms with E-state index in [0.29, 0.717) is 0 Å². The van der Waals surface area contributed by atoms with Gasteiger partial charge in [0.05, 0.1) is 0 Å². The Kier molecular flexibility index (Phi) is 53.7. The number of carbonyl (C=O) groups excluding carboxylic acids is 1. The number of hydrogen-bond donors (Lipinski definition) is 0. The van der Waals surface area contributed by atoms with Crippen molar-refractivity contribution < 1.29 is 4.79 Å². The van der Waals surface area contributed by atoms with Crippen molar-refractivity contribution in [3.8, 4) is 0 Å². The maximum absolute atomic E-state index is 8.00. The molecule has 138 valence electrons. The average molecular weight is 326 g/mol. The second-order valence-electron chi connectivity index (χ2n) is 5.11. The fourth-order valence-corrected chi connectivity index (χ4v) is 0.471. The summed E-state index contributed by atoms with van der Waals surface area (Å²) in [5, 5.41) is 0. The summed E-state index contributed by atoms with van der Waals surface area (Å²) in [6, 6.07) is 0. The molecule has 2 nitrogen and oxygen atoms in total. The zero-order chi connectivity index (χ0) is 19.7. The standard InChI is InChI=1S/C10H16.C4H10.C3H9N.C3H6.CH2O/c1-5-9(3)7-8-10(4)6-2;1-3-4-2;1-4(2)3;1-3-2;1-2/h7-8H,3-6H2,1-2H3;3-4H2,1-2H3;1-3H3;3H,1H2,2H3;1H2/b8-7-;;;;. The third kappa shape index (κ3) is 96.4. The summed E-state index contributed by atoms with van der Waals surface area (Å²) >= 11 is 0. The van der Waals surface area contributed by atoms with Gasteiger partial charge in [-0.3, -0.25) is 0 Å². The second kappa shape index (κ2) is 37.1. The van der Waals surface area contributed by atoms with Crippen molar-refractivity contribution in [3.63, 3.8) is 0 Å². The summed E-state index contributed by atoms with van der Waals surface area (Å²) < 4.78 is 0. The van der Waals surface area contributed by atoms with Crippen molar-refractivity contribution in [1.82, 2.24) is 4.90 Å². The molecule has 2 heteroatoms. The largest absolute Gasteiger partial charge is 0.312 e. The van der Waals surface area contributed by atoms with Crippen LogP contribution in [0.5, 0.6) is 0 Å². The van der Waals surface area contributed by atoms with Crippen LogP contribution >= 0.6 is 0 Å². The lowest BCUT2D eigenvalue weighted by Gasteiger charge is -1.93. The Balaban J connectivity index is -0.0000000693. The molecule has 0 heterocycles. The molecular formula is C21H43NO. The molecule has 0 N–H and O–H groups in total. The van der Waals surface area contributed by atoms with Gasteiger partial charge in [0.25, 0.3) is 0 Å². The van der Waals surface area contributed by atoms with Crippen LogP contribution in [-0.2, 0) is 4.79 Å². The van der Waals surface area contributed by atoms with Gasteiger partial charge >= 0.3 is 0 Å². The maximum Gasteiger partial charge on any atom is 0.106 e. The molecule has 0 fully saturated rings. The van der Waals surface area contributed by atoms with Crippen LogP contribution in [0.4, 0.5) is 0 Å². The summed E-state index contributed by atoms with van der Waals surface area (Å²) in [6.07, 6.45) is 10.5. The zero-order valence-electron chi connectivity index (χ0n) is 17.2. The third-order valence-electron chi connectivity index (χ3n) is 1.96. The summed E-state index contributed by atoms with van der Waals surface area (Å²) in [6.45, 7) is 23.5. The van der Waals surface area contributed by atoms with E-state index in [1.807, 2.05) is 51.9 Å². The first-order valence-electron chi connectivity index (χ1n) is 8.27. The number of hydrogen-bond acceptors (Lipinski definition) is 2. The van der Waals surface area contributed by atoms with Gasteiger partial charge in [0.15, 0.2) is 0 Å². The Morgan fingerprint density at radius 2 is 1.00 bits per heavy atom. The van der Waals surface area contributed by atoms with Crippen LogP contribution in [0, 0.1) is 0 Å². The van der Waals surface area contributed by atoms with Gasteiger partial charge in [-0.05, 0) is 40.9 Å². The van der Waals surface area contributed by atoms with Gasteiger partial charge in [-0.2, -0.15) is 0 Å². The molecule has 0 aliphatic rings. The maximum atomic E-state index is 8.00. The summed E-state index contributed by atoms with van der Waals surface area (Å²) in [5.41, 5.74) is 2.32. The molecule has 0 saturated heterocycles. The first-order valence-corrected chi connectivity index (χ1v) is 8.27. The van der Waals surface area contributed by atoms with E-state index in [9.17, 15) is 0 Å². The highest BCUT2D eigenvalue weighted by atomic mass is 16.1. The van der Waals surface area contributed by atoms with Crippen LogP contribution in [0.25, 0.3) is 0 Å². The van der Waals surface area contributed by atoms with E-state index in [1.165, 1.54) is 12.8 Å². The fourth-order valence-electron chi connectivity index (χ4n) is 0.471. The lowest BCUT2D eigenvalue weighted by molar-refractivity contribution is -0.0979. The molecule has 0 radical (unpaired) electrons. The minimum Gasteiger partial charge on any atom is -0.312 e. The number of nitrogens with zero attached hydrogens (tertiary/aromatic N) is 1. The van der Waals surface area contributed by atoms with Crippen molar-refractivity contribution in [2.24, 2.45) is 0 Å². The van der Waals surface area contributed by atoms with E-state index >= 15 is 0 Å². The summed E-state index contributed by atoms with van der Waals surface area (Å²) in [7, 11) is 6.00. The number of carbonyl (C=O) groups is 1. The van der Waals surface area contributed by atoms with Crippen molar-refractivity contribution in [3.05, 3.63) is 49.1 Å². The van der Waals surface area contributed by atoms with E-state index in [2.05, 4.69) is 47.4 Å². The molecule has 0 aliphatic carbocycles. The van der Waals surface area contributed by atoms with Crippen LogP contribution in [0.1, 0.15) is 60.3 Å². The van der Waals surface area contributed by atoms with Crippen LogP contribution in [-0.4, -0.2) is 32.8 Å². The monoisotopic (exact) mass is 325 g/mol. The van der Waals surface area contributed by atoms with E-state index < -0.39 is 0 Å². The first-order chi connectivity index (χ1) is 10.8. The Labute approximate surface area is 147 Å². The Hall–Kier alpha value is -1.41. The van der Waals surface area contributed by atoms with Gasteiger partial charge in [-0.15, -0.1) is 6.58 Å². The number of rotatable bonds is 5. The highest BCUT2D eigenvalue weighted by Gasteiger charge is 1.82. The lowest BCUT2D eigenvalue weighted by Crippen LogP contribution is -1.99. The summed E-state index contributed by atoms with van der Waals surface area (Å²) in [4.78, 5) is 10.0. The van der Waals surface area contributed by atoms with Gasteiger partial charge < -0.3 is 9.69 Å². The topological polar surface area (TPSA) is 20.3 Å². The van der Waals surface area contributed by atoms with Crippen molar-refractivity contribution >= 4 is 6.79 Å². The van der Waals surface area contributed by atoms with Crippen molar-refractivity contribution in [2.45, 2.75) is 60.3 Å². The molecule has 0 aromatic carbocycles. The van der Waals surface area contributed by atoms with Gasteiger partial charge in [0, 0.05) is 0 Å². The molecule has 0 amide bonds. The normalized spacial score (nSPS) is 8.04. The number of allylic oxidation sites excluding steroid dienone is 5. The van der Waals surface area contributed by atoms with Gasteiger partial charge in [-0.25, -0.2) is 0 Å². The molecular weight excluding hydrogens is 282 g/mol. The average Bonchev–Trinajstić information content (AvgIpc) is 2.54. The highest BCUT2D eigenvalue weighted by Crippen LogP contribution is 2.03. The smallest absolute Gasteiger partial charge is 0.106 e. The Morgan fingerprint density at radius 3 is 1.09 bits per heavy atom. The van der Waals surface area contributed by atoms with E-state index in [4.69, 9.17) is 4.79 Å². The minimum atomic E-state index is 1.02. The van der Waals surface area contributed by atoms with E-state index in [0.717, 1.165) is 24.0 Å². The van der Waals surface area contributed by atoms with Gasteiger partial charge in [0.2, 0.25) is 0 Å². The molecule has 0 aromatic heterocycles. The van der Waals surface area contributed by atoms with Crippen molar-refractivity contribution in [1.29, 1.82) is 0 Å². The van der Waals surface area contributed by atoms with E-state index in [1.54, 1.807) is 6.08 Å². The first kappa shape index (κ1) is 33.3. The van der Waals surface area contributed by atoms with Crippen molar-refractivity contribution in [2.75, 3.05) is 21.1 Å². The molecule has 0 rings (SSSR count).